The number of aromatic nitrogens is 4. The molecule has 2 aromatic carbocycles. The standard InChI is InChI=1S/C27H31N7O2S/c1-2-17-37(35,36)33-15-13-32(14-16-33)23-10-8-22(9-11-23)30-27-28-18-21-19-29-34(26(21)31-27)25-12-7-20-5-3-4-6-24(20)25/h3-6,8-11,18-19,25H,2,7,12-17H2,1H3,(H,28,30,31)/t25-/m0/s1. The number of benzene rings is 2. The Morgan fingerprint density at radius 1 is 1.00 bits per heavy atom. The fourth-order valence-corrected chi connectivity index (χ4v) is 6.90. The summed E-state index contributed by atoms with van der Waals surface area (Å²) in [5.41, 5.74) is 5.50. The van der Waals surface area contributed by atoms with Crippen molar-refractivity contribution in [3.63, 3.8) is 0 Å². The average Bonchev–Trinajstić information content (AvgIpc) is 3.53. The van der Waals surface area contributed by atoms with Crippen LogP contribution in [0.5, 0.6) is 0 Å². The van der Waals surface area contributed by atoms with Crippen molar-refractivity contribution < 1.29 is 8.42 Å². The molecule has 3 heterocycles. The predicted molar refractivity (Wildman–Crippen MR) is 146 cm³/mol. The van der Waals surface area contributed by atoms with Gasteiger partial charge in [0.1, 0.15) is 0 Å². The normalized spacial score (nSPS) is 18.3. The quantitative estimate of drug-likeness (QED) is 0.396. The van der Waals surface area contributed by atoms with Crippen molar-refractivity contribution in [1.82, 2.24) is 24.1 Å². The predicted octanol–water partition coefficient (Wildman–Crippen LogP) is 3.97. The van der Waals surface area contributed by atoms with Crippen LogP contribution in [0, 0.1) is 0 Å². The van der Waals surface area contributed by atoms with Crippen molar-refractivity contribution in [2.24, 2.45) is 0 Å². The first kappa shape index (κ1) is 23.9. The second-order valence-electron chi connectivity index (χ2n) is 9.69. The van der Waals surface area contributed by atoms with Crippen molar-refractivity contribution in [2.75, 3.05) is 42.1 Å². The minimum Gasteiger partial charge on any atom is -0.369 e. The highest BCUT2D eigenvalue weighted by atomic mass is 32.2. The largest absolute Gasteiger partial charge is 0.369 e. The molecule has 10 heteroatoms. The maximum atomic E-state index is 12.3. The molecule has 1 fully saturated rings. The van der Waals surface area contributed by atoms with E-state index in [-0.39, 0.29) is 11.8 Å². The van der Waals surface area contributed by atoms with E-state index in [0.717, 1.165) is 35.2 Å². The molecule has 2 aromatic heterocycles. The van der Waals surface area contributed by atoms with Gasteiger partial charge in [0, 0.05) is 43.8 Å². The third-order valence-electron chi connectivity index (χ3n) is 7.31. The number of rotatable bonds is 7. The molecule has 0 spiro atoms. The van der Waals surface area contributed by atoms with E-state index in [1.54, 1.807) is 4.31 Å². The van der Waals surface area contributed by atoms with Crippen LogP contribution in [0.1, 0.15) is 36.9 Å². The molecule has 1 atom stereocenters. The van der Waals surface area contributed by atoms with Crippen molar-refractivity contribution in [1.29, 1.82) is 0 Å². The third-order valence-corrected chi connectivity index (χ3v) is 9.39. The minimum atomic E-state index is -3.14. The molecule has 0 saturated carbocycles. The Morgan fingerprint density at radius 3 is 2.57 bits per heavy atom. The first-order valence-electron chi connectivity index (χ1n) is 12.9. The molecule has 1 aliphatic carbocycles. The number of aryl methyl sites for hydroxylation is 1. The van der Waals surface area contributed by atoms with Gasteiger partial charge in [-0.1, -0.05) is 31.2 Å². The fraction of sp³-hybridized carbons (Fsp3) is 0.370. The van der Waals surface area contributed by atoms with E-state index < -0.39 is 10.0 Å². The van der Waals surface area contributed by atoms with E-state index in [2.05, 4.69) is 56.7 Å². The van der Waals surface area contributed by atoms with Crippen LogP contribution in [-0.2, 0) is 16.4 Å². The van der Waals surface area contributed by atoms with Gasteiger partial charge < -0.3 is 10.2 Å². The maximum Gasteiger partial charge on any atom is 0.229 e. The van der Waals surface area contributed by atoms with Crippen LogP contribution in [0.3, 0.4) is 0 Å². The van der Waals surface area contributed by atoms with E-state index in [9.17, 15) is 8.42 Å². The highest BCUT2D eigenvalue weighted by Crippen LogP contribution is 2.35. The van der Waals surface area contributed by atoms with Crippen LogP contribution in [0.2, 0.25) is 0 Å². The van der Waals surface area contributed by atoms with Crippen molar-refractivity contribution in [3.05, 3.63) is 72.1 Å². The second-order valence-corrected chi connectivity index (χ2v) is 11.8. The molecule has 1 aliphatic heterocycles. The number of sulfonamides is 1. The highest BCUT2D eigenvalue weighted by Gasteiger charge is 2.27. The van der Waals surface area contributed by atoms with Crippen LogP contribution in [0.25, 0.3) is 11.0 Å². The lowest BCUT2D eigenvalue weighted by molar-refractivity contribution is 0.384. The Morgan fingerprint density at radius 2 is 1.78 bits per heavy atom. The summed E-state index contributed by atoms with van der Waals surface area (Å²) < 4.78 is 28.3. The summed E-state index contributed by atoms with van der Waals surface area (Å²) in [6.45, 7) is 4.31. The molecule has 4 aromatic rings. The van der Waals surface area contributed by atoms with E-state index in [0.29, 0.717) is 38.5 Å². The Balaban J connectivity index is 1.15. The van der Waals surface area contributed by atoms with Gasteiger partial charge in [-0.05, 0) is 54.7 Å². The zero-order chi connectivity index (χ0) is 25.4. The van der Waals surface area contributed by atoms with Crippen LogP contribution < -0.4 is 10.2 Å². The molecule has 0 bridgehead atoms. The molecule has 0 amide bonds. The minimum absolute atomic E-state index is 0.188. The number of hydrogen-bond acceptors (Lipinski definition) is 7. The monoisotopic (exact) mass is 517 g/mol. The van der Waals surface area contributed by atoms with Gasteiger partial charge in [-0.2, -0.15) is 14.4 Å². The smallest absolute Gasteiger partial charge is 0.229 e. The zero-order valence-electron chi connectivity index (χ0n) is 20.9. The first-order chi connectivity index (χ1) is 18.0. The zero-order valence-corrected chi connectivity index (χ0v) is 21.7. The van der Waals surface area contributed by atoms with Gasteiger partial charge in [0.25, 0.3) is 0 Å². The lowest BCUT2D eigenvalue weighted by Crippen LogP contribution is -2.49. The van der Waals surface area contributed by atoms with Crippen LogP contribution >= 0.6 is 0 Å². The second kappa shape index (κ2) is 9.75. The summed E-state index contributed by atoms with van der Waals surface area (Å²) in [5, 5.41) is 8.90. The molecule has 1 N–H and O–H groups in total. The van der Waals surface area contributed by atoms with E-state index in [1.807, 2.05) is 36.1 Å². The van der Waals surface area contributed by atoms with Gasteiger partial charge in [-0.15, -0.1) is 0 Å². The SMILES string of the molecule is CCCS(=O)(=O)N1CCN(c2ccc(Nc3ncc4cnn([C@H]5CCc6ccccc65)c4n3)cc2)CC1. The number of hydrogen-bond donors (Lipinski definition) is 1. The Kier molecular flexibility index (Phi) is 6.29. The lowest BCUT2D eigenvalue weighted by atomic mass is 10.1. The Labute approximate surface area is 217 Å². The summed E-state index contributed by atoms with van der Waals surface area (Å²) >= 11 is 0. The lowest BCUT2D eigenvalue weighted by Gasteiger charge is -2.35. The van der Waals surface area contributed by atoms with Crippen LogP contribution in [0.4, 0.5) is 17.3 Å². The number of anilines is 3. The summed E-state index contributed by atoms with van der Waals surface area (Å²) in [6, 6.07) is 16.9. The molecule has 37 heavy (non-hydrogen) atoms. The van der Waals surface area contributed by atoms with Gasteiger partial charge in [0.05, 0.1) is 23.4 Å². The molecular formula is C27H31N7O2S. The number of nitrogens with one attached hydrogen (secondary N) is 1. The van der Waals surface area contributed by atoms with Gasteiger partial charge >= 0.3 is 0 Å². The molecule has 0 radical (unpaired) electrons. The van der Waals surface area contributed by atoms with Crippen molar-refractivity contribution in [2.45, 2.75) is 32.2 Å². The molecule has 0 unspecified atom stereocenters. The molecule has 9 nitrogen and oxygen atoms in total. The van der Waals surface area contributed by atoms with Gasteiger partial charge in [-0.25, -0.2) is 18.1 Å². The average molecular weight is 518 g/mol. The summed E-state index contributed by atoms with van der Waals surface area (Å²) in [4.78, 5) is 11.5. The maximum absolute atomic E-state index is 12.3. The summed E-state index contributed by atoms with van der Waals surface area (Å²) in [5.74, 6) is 0.749. The van der Waals surface area contributed by atoms with Crippen molar-refractivity contribution >= 4 is 38.4 Å². The first-order valence-corrected chi connectivity index (χ1v) is 14.5. The molecular weight excluding hydrogens is 486 g/mol. The summed E-state index contributed by atoms with van der Waals surface area (Å²) in [6.07, 6.45) is 6.36. The molecule has 192 valence electrons. The molecule has 2 aliphatic rings. The highest BCUT2D eigenvalue weighted by molar-refractivity contribution is 7.89. The van der Waals surface area contributed by atoms with E-state index in [1.165, 1.54) is 11.1 Å². The fourth-order valence-electron chi connectivity index (χ4n) is 5.41. The van der Waals surface area contributed by atoms with Crippen LogP contribution in [0.15, 0.2) is 60.9 Å². The number of nitrogens with zero attached hydrogens (tertiary/aromatic N) is 6. The third kappa shape index (κ3) is 4.67. The van der Waals surface area contributed by atoms with E-state index in [4.69, 9.17) is 4.98 Å². The summed E-state index contributed by atoms with van der Waals surface area (Å²) in [7, 11) is -3.14. The Hall–Kier alpha value is -3.50. The van der Waals surface area contributed by atoms with E-state index >= 15 is 0 Å². The number of piperazine rings is 1. The van der Waals surface area contributed by atoms with Gasteiger partial charge in [0.15, 0.2) is 5.65 Å². The van der Waals surface area contributed by atoms with Crippen LogP contribution in [-0.4, -0.2) is 64.4 Å². The van der Waals surface area contributed by atoms with Gasteiger partial charge in [-0.3, -0.25) is 0 Å². The molecule has 1 saturated heterocycles. The van der Waals surface area contributed by atoms with Gasteiger partial charge in [0.2, 0.25) is 16.0 Å². The number of fused-ring (bicyclic) bond motifs is 2. The topological polar surface area (TPSA) is 96.3 Å². The van der Waals surface area contributed by atoms with Crippen molar-refractivity contribution in [3.8, 4) is 0 Å². The molecule has 6 rings (SSSR count). The Bertz CT molecular complexity index is 1510.